The summed E-state index contributed by atoms with van der Waals surface area (Å²) in [5.41, 5.74) is 5.82. The SMILES string of the molecule is COC(=O)CCCOc1ccc(C(N)=S)cc1F. The van der Waals surface area contributed by atoms with E-state index in [1.54, 1.807) is 6.07 Å². The second-order valence-corrected chi connectivity index (χ2v) is 3.98. The number of thiocarbonyl (C=S) groups is 1. The molecule has 18 heavy (non-hydrogen) atoms. The molecule has 0 saturated carbocycles. The summed E-state index contributed by atoms with van der Waals surface area (Å²) in [6, 6.07) is 4.26. The maximum atomic E-state index is 13.5. The molecular weight excluding hydrogens is 257 g/mol. The molecule has 2 N–H and O–H groups in total. The lowest BCUT2D eigenvalue weighted by atomic mass is 10.2. The number of methoxy groups -OCH3 is 1. The largest absolute Gasteiger partial charge is 0.491 e. The molecule has 1 rings (SSSR count). The number of benzene rings is 1. The van der Waals surface area contributed by atoms with Crippen molar-refractivity contribution in [2.45, 2.75) is 12.8 Å². The van der Waals surface area contributed by atoms with Crippen molar-refractivity contribution in [3.8, 4) is 5.75 Å². The van der Waals surface area contributed by atoms with E-state index in [1.807, 2.05) is 0 Å². The van der Waals surface area contributed by atoms with Crippen LogP contribution in [0.15, 0.2) is 18.2 Å². The molecular formula is C12H14FNO3S. The Morgan fingerprint density at radius 2 is 2.22 bits per heavy atom. The number of carbonyl (C=O) groups excluding carboxylic acids is 1. The molecule has 6 heteroatoms. The number of hydrogen-bond acceptors (Lipinski definition) is 4. The van der Waals surface area contributed by atoms with Crippen LogP contribution in [0.3, 0.4) is 0 Å². The average molecular weight is 271 g/mol. The van der Waals surface area contributed by atoms with Gasteiger partial charge < -0.3 is 15.2 Å². The Morgan fingerprint density at radius 3 is 2.78 bits per heavy atom. The fourth-order valence-electron chi connectivity index (χ4n) is 1.27. The second kappa shape index (κ2) is 6.90. The molecule has 0 unspecified atom stereocenters. The van der Waals surface area contributed by atoms with E-state index in [-0.39, 0.29) is 29.7 Å². The van der Waals surface area contributed by atoms with Gasteiger partial charge in [-0.15, -0.1) is 0 Å². The first kappa shape index (κ1) is 14.4. The minimum Gasteiger partial charge on any atom is -0.491 e. The Hall–Kier alpha value is -1.69. The summed E-state index contributed by atoms with van der Waals surface area (Å²) in [6.45, 7) is 0.235. The van der Waals surface area contributed by atoms with Crippen molar-refractivity contribution in [3.63, 3.8) is 0 Å². The Labute approximate surface area is 110 Å². The first-order chi connectivity index (χ1) is 8.54. The smallest absolute Gasteiger partial charge is 0.305 e. The third-order valence-electron chi connectivity index (χ3n) is 2.23. The first-order valence-corrected chi connectivity index (χ1v) is 5.74. The van der Waals surface area contributed by atoms with Crippen molar-refractivity contribution in [1.82, 2.24) is 0 Å². The summed E-state index contributed by atoms with van der Waals surface area (Å²) in [5.74, 6) is -0.735. The van der Waals surface area contributed by atoms with Gasteiger partial charge in [0.25, 0.3) is 0 Å². The van der Waals surface area contributed by atoms with Crippen molar-refractivity contribution in [2.75, 3.05) is 13.7 Å². The highest BCUT2D eigenvalue weighted by molar-refractivity contribution is 7.80. The standard InChI is InChI=1S/C12H14FNO3S/c1-16-11(15)3-2-6-17-10-5-4-8(12(14)18)7-9(10)13/h4-5,7H,2-3,6H2,1H3,(H2,14,18). The minimum atomic E-state index is -0.529. The van der Waals surface area contributed by atoms with Gasteiger partial charge in [-0.1, -0.05) is 12.2 Å². The molecule has 0 amide bonds. The predicted octanol–water partition coefficient (Wildman–Crippen LogP) is 1.79. The number of ether oxygens (including phenoxy) is 2. The summed E-state index contributed by atoms with van der Waals surface area (Å²) in [5, 5.41) is 0. The van der Waals surface area contributed by atoms with Crippen LogP contribution in [0.5, 0.6) is 5.75 Å². The molecule has 0 aliphatic rings. The molecule has 0 aliphatic carbocycles. The average Bonchev–Trinajstić information content (AvgIpc) is 2.35. The summed E-state index contributed by atoms with van der Waals surface area (Å²) in [6.07, 6.45) is 0.701. The molecule has 0 radical (unpaired) electrons. The zero-order chi connectivity index (χ0) is 13.5. The van der Waals surface area contributed by atoms with Gasteiger partial charge >= 0.3 is 5.97 Å². The Balaban J connectivity index is 2.48. The van der Waals surface area contributed by atoms with Gasteiger partial charge in [0.05, 0.1) is 13.7 Å². The van der Waals surface area contributed by atoms with E-state index in [0.29, 0.717) is 12.0 Å². The van der Waals surface area contributed by atoms with Gasteiger partial charge in [-0.25, -0.2) is 4.39 Å². The first-order valence-electron chi connectivity index (χ1n) is 5.33. The van der Waals surface area contributed by atoms with Crippen molar-refractivity contribution in [3.05, 3.63) is 29.6 Å². The van der Waals surface area contributed by atoms with E-state index in [0.717, 1.165) is 0 Å². The number of esters is 1. The fourth-order valence-corrected chi connectivity index (χ4v) is 1.40. The minimum absolute atomic E-state index is 0.111. The number of rotatable bonds is 6. The van der Waals surface area contributed by atoms with Gasteiger partial charge in [0.15, 0.2) is 11.6 Å². The molecule has 0 saturated heterocycles. The van der Waals surface area contributed by atoms with E-state index in [4.69, 9.17) is 22.7 Å². The Morgan fingerprint density at radius 1 is 1.50 bits per heavy atom. The third kappa shape index (κ3) is 4.29. The van der Waals surface area contributed by atoms with E-state index >= 15 is 0 Å². The second-order valence-electron chi connectivity index (χ2n) is 3.54. The third-order valence-corrected chi connectivity index (χ3v) is 2.46. The van der Waals surface area contributed by atoms with Gasteiger partial charge in [-0.05, 0) is 24.6 Å². The number of carbonyl (C=O) groups is 1. The lowest BCUT2D eigenvalue weighted by Crippen LogP contribution is -2.10. The highest BCUT2D eigenvalue weighted by Gasteiger charge is 2.07. The Bertz CT molecular complexity index is 451. The van der Waals surface area contributed by atoms with E-state index in [9.17, 15) is 9.18 Å². The highest BCUT2D eigenvalue weighted by Crippen LogP contribution is 2.18. The maximum absolute atomic E-state index is 13.5. The normalized spacial score (nSPS) is 9.89. The molecule has 0 aromatic heterocycles. The fraction of sp³-hybridized carbons (Fsp3) is 0.333. The van der Waals surface area contributed by atoms with Gasteiger partial charge in [0.1, 0.15) is 4.99 Å². The highest BCUT2D eigenvalue weighted by atomic mass is 32.1. The molecule has 0 bridgehead atoms. The molecule has 0 fully saturated rings. The van der Waals surface area contributed by atoms with Crippen LogP contribution < -0.4 is 10.5 Å². The zero-order valence-electron chi connectivity index (χ0n) is 9.94. The molecule has 0 heterocycles. The molecule has 98 valence electrons. The van der Waals surface area contributed by atoms with E-state index in [2.05, 4.69) is 4.74 Å². The molecule has 1 aromatic rings. The number of halogens is 1. The lowest BCUT2D eigenvalue weighted by molar-refractivity contribution is -0.140. The molecule has 1 aromatic carbocycles. The molecule has 4 nitrogen and oxygen atoms in total. The van der Waals surface area contributed by atoms with Gasteiger partial charge in [-0.3, -0.25) is 4.79 Å². The van der Waals surface area contributed by atoms with Crippen LogP contribution in [-0.4, -0.2) is 24.7 Å². The van der Waals surface area contributed by atoms with Crippen molar-refractivity contribution in [2.24, 2.45) is 5.73 Å². The predicted molar refractivity (Wildman–Crippen MR) is 69.0 cm³/mol. The van der Waals surface area contributed by atoms with Crippen molar-refractivity contribution in [1.29, 1.82) is 0 Å². The van der Waals surface area contributed by atoms with Crippen LogP contribution in [0, 0.1) is 5.82 Å². The monoisotopic (exact) mass is 271 g/mol. The van der Waals surface area contributed by atoms with Crippen LogP contribution >= 0.6 is 12.2 Å². The quantitative estimate of drug-likeness (QED) is 0.485. The van der Waals surface area contributed by atoms with Gasteiger partial charge in [0.2, 0.25) is 0 Å². The van der Waals surface area contributed by atoms with Crippen LogP contribution in [-0.2, 0) is 9.53 Å². The zero-order valence-corrected chi connectivity index (χ0v) is 10.8. The van der Waals surface area contributed by atoms with Crippen LogP contribution in [0.25, 0.3) is 0 Å². The summed E-state index contributed by atoms with van der Waals surface area (Å²) in [7, 11) is 1.32. The topological polar surface area (TPSA) is 61.5 Å². The van der Waals surface area contributed by atoms with Crippen LogP contribution in [0.4, 0.5) is 4.39 Å². The van der Waals surface area contributed by atoms with Gasteiger partial charge in [0, 0.05) is 12.0 Å². The summed E-state index contributed by atoms with van der Waals surface area (Å²) in [4.78, 5) is 11.0. The molecule has 0 spiro atoms. The van der Waals surface area contributed by atoms with Crippen molar-refractivity contribution >= 4 is 23.2 Å². The molecule has 0 aliphatic heterocycles. The van der Waals surface area contributed by atoms with Gasteiger partial charge in [-0.2, -0.15) is 0 Å². The van der Waals surface area contributed by atoms with E-state index < -0.39 is 5.82 Å². The number of nitrogens with two attached hydrogens (primary N) is 1. The Kier molecular flexibility index (Phi) is 5.51. The van der Waals surface area contributed by atoms with E-state index in [1.165, 1.54) is 19.2 Å². The summed E-state index contributed by atoms with van der Waals surface area (Å²) >= 11 is 4.73. The lowest BCUT2D eigenvalue weighted by Gasteiger charge is -2.08. The van der Waals surface area contributed by atoms with Crippen LogP contribution in [0.2, 0.25) is 0 Å². The maximum Gasteiger partial charge on any atom is 0.305 e. The van der Waals surface area contributed by atoms with Crippen LogP contribution in [0.1, 0.15) is 18.4 Å². The summed E-state index contributed by atoms with van der Waals surface area (Å²) < 4.78 is 23.2. The van der Waals surface area contributed by atoms with Crippen molar-refractivity contribution < 1.29 is 18.7 Å². The number of hydrogen-bond donors (Lipinski definition) is 1. The molecule has 0 atom stereocenters.